The summed E-state index contributed by atoms with van der Waals surface area (Å²) in [7, 11) is 0. The minimum atomic E-state index is -1.20. The molecule has 0 saturated carbocycles. The molecule has 5 rings (SSSR count). The topological polar surface area (TPSA) is 27.0 Å². The number of pyridine rings is 1. The Kier molecular flexibility index (Phi) is 6.97. The van der Waals surface area contributed by atoms with E-state index in [1.807, 2.05) is 72.8 Å². The third-order valence-corrected chi connectivity index (χ3v) is 6.21. The molecule has 0 saturated heterocycles. The molecule has 4 heteroatoms. The summed E-state index contributed by atoms with van der Waals surface area (Å²) in [5, 5.41) is 4.09. The van der Waals surface area contributed by atoms with E-state index < -0.39 is 6.52 Å². The molecule has 3 aromatic rings. The first kappa shape index (κ1) is 18.9. The quantitative estimate of drug-likeness (QED) is 0.230. The molecule has 160 valence electrons. The van der Waals surface area contributed by atoms with Gasteiger partial charge in [-0.1, -0.05) is 42.5 Å². The summed E-state index contributed by atoms with van der Waals surface area (Å²) in [6.45, 7) is 9.00. The molecule has 3 heterocycles. The molecule has 0 spiro atoms. The molecule has 2 nitrogen and oxygen atoms in total. The zero-order chi connectivity index (χ0) is 24.9. The van der Waals surface area contributed by atoms with E-state index in [-0.39, 0.29) is 55.1 Å². The van der Waals surface area contributed by atoms with E-state index in [1.165, 1.54) is 0 Å². The summed E-state index contributed by atoms with van der Waals surface area (Å²) in [6.07, 6.45) is 3.61. The molecule has 0 N–H and O–H groups in total. The second-order valence-corrected chi connectivity index (χ2v) is 8.00. The minimum Gasteiger partial charge on any atom is -0.766 e. The molecular weight excluding hydrogens is 589 g/mol. The van der Waals surface area contributed by atoms with E-state index >= 15 is 0 Å². The van der Waals surface area contributed by atoms with Crippen molar-refractivity contribution in [2.45, 2.75) is 16.1 Å². The molecule has 2 aliphatic heterocycles. The van der Waals surface area contributed by atoms with Crippen molar-refractivity contribution >= 4 is 11.8 Å². The van der Waals surface area contributed by atoms with Crippen LogP contribution in [0.2, 0.25) is 0 Å². The Labute approximate surface area is 214 Å². The van der Waals surface area contributed by atoms with Crippen molar-refractivity contribution in [2.75, 3.05) is 6.52 Å². The van der Waals surface area contributed by atoms with Crippen LogP contribution in [-0.2, 0) is 20.1 Å². The maximum atomic E-state index is 8.06. The molecule has 1 aromatic heterocycles. The van der Waals surface area contributed by atoms with Gasteiger partial charge in [-0.15, -0.1) is 66.8 Å². The first-order chi connectivity index (χ1) is 16.9. The maximum Gasteiger partial charge on any atom is 3.00 e. The number of hydrogen-bond donors (Lipinski definition) is 0. The van der Waals surface area contributed by atoms with Crippen LogP contribution in [0.15, 0.2) is 120 Å². The fourth-order valence-electron chi connectivity index (χ4n) is 3.39. The summed E-state index contributed by atoms with van der Waals surface area (Å²) >= 11 is 1.65. The third-order valence-electron chi connectivity index (χ3n) is 4.85. The first-order valence-corrected chi connectivity index (χ1v) is 10.7. The molecular formula is C28H23IrN2S. The number of aromatic nitrogens is 1. The van der Waals surface area contributed by atoms with Gasteiger partial charge in [0.25, 0.3) is 0 Å². The van der Waals surface area contributed by atoms with Crippen LogP contribution in [-0.4, -0.2) is 16.8 Å². The zero-order valence-electron chi connectivity index (χ0n) is 21.2. The van der Waals surface area contributed by atoms with E-state index in [9.17, 15) is 0 Å². The van der Waals surface area contributed by atoms with Crippen molar-refractivity contribution < 1.29 is 25.6 Å². The number of rotatable bonds is 4. The average molecular weight is 616 g/mol. The van der Waals surface area contributed by atoms with Crippen LogP contribution in [0.4, 0.5) is 0 Å². The number of fused-ring (bicyclic) bond motifs is 1. The molecule has 0 fully saturated rings. The second kappa shape index (κ2) is 11.8. The van der Waals surface area contributed by atoms with Crippen molar-refractivity contribution in [3.63, 3.8) is 0 Å². The Balaban J connectivity index is 0.000000234. The summed E-state index contributed by atoms with van der Waals surface area (Å²) < 4.78 is 31.3. The first-order valence-electron chi connectivity index (χ1n) is 11.9. The third kappa shape index (κ3) is 5.58. The standard InChI is InChI=1S/C17H15NS.C11H8N.Ir/c1-3-15-17(12(2)14-9-6-7-11-18-14)13-8-4-5-10-16(13)19-15;1-2-6-10(7-3-1)11-8-4-5-9-12-11;/h2-10,15,17H,1,11H2;1-6,8-9H;/q-2;-1;+3/i6D,7D,9D,11D;;. The van der Waals surface area contributed by atoms with Crippen LogP contribution in [0.1, 0.15) is 17.0 Å². The molecule has 0 aliphatic carbocycles. The van der Waals surface area contributed by atoms with Gasteiger partial charge in [0.15, 0.2) is 0 Å². The number of thioether (sulfide) groups is 1. The summed E-state index contributed by atoms with van der Waals surface area (Å²) in [4.78, 5) is 5.33. The van der Waals surface area contributed by atoms with Crippen LogP contribution in [0, 0.1) is 12.6 Å². The smallest absolute Gasteiger partial charge is 0.766 e. The Morgan fingerprint density at radius 2 is 2.03 bits per heavy atom. The van der Waals surface area contributed by atoms with Gasteiger partial charge in [-0.2, -0.15) is 6.05 Å². The van der Waals surface area contributed by atoms with Crippen LogP contribution in [0.25, 0.3) is 16.6 Å². The second-order valence-electron chi connectivity index (χ2n) is 6.78. The van der Waals surface area contributed by atoms with E-state index in [2.05, 4.69) is 22.9 Å². The van der Waals surface area contributed by atoms with Gasteiger partial charge < -0.3 is 16.0 Å². The van der Waals surface area contributed by atoms with Gasteiger partial charge >= 0.3 is 20.1 Å². The van der Waals surface area contributed by atoms with Crippen LogP contribution < -0.4 is 0 Å². The van der Waals surface area contributed by atoms with Gasteiger partial charge in [0.2, 0.25) is 0 Å². The Morgan fingerprint density at radius 1 is 1.22 bits per heavy atom. The number of hydrogen-bond acceptors (Lipinski definition) is 2. The maximum absolute atomic E-state index is 8.06. The van der Waals surface area contributed by atoms with E-state index in [4.69, 9.17) is 12.1 Å². The number of allylic oxidation sites excluding steroid dienone is 3. The fourth-order valence-corrected chi connectivity index (χ4v) is 4.70. The van der Waals surface area contributed by atoms with Crippen LogP contribution in [0.5, 0.6) is 0 Å². The number of benzene rings is 2. The van der Waals surface area contributed by atoms with Crippen molar-refractivity contribution in [3.8, 4) is 11.3 Å². The van der Waals surface area contributed by atoms with E-state index in [0.29, 0.717) is 5.57 Å². The van der Waals surface area contributed by atoms with Crippen molar-refractivity contribution in [1.82, 2.24) is 4.98 Å². The summed E-state index contributed by atoms with van der Waals surface area (Å²) in [5.74, 6) is -0.194. The zero-order valence-corrected chi connectivity index (χ0v) is 20.4. The van der Waals surface area contributed by atoms with Gasteiger partial charge in [-0.25, -0.2) is 5.57 Å². The normalized spacial score (nSPS) is 23.1. The molecule has 32 heavy (non-hydrogen) atoms. The van der Waals surface area contributed by atoms with Crippen molar-refractivity contribution in [3.05, 3.63) is 139 Å². The van der Waals surface area contributed by atoms with Crippen LogP contribution in [0.3, 0.4) is 0 Å². The largest absolute Gasteiger partial charge is 3.00 e. The van der Waals surface area contributed by atoms with E-state index in [0.717, 1.165) is 21.7 Å². The molecule has 2 aliphatic rings. The monoisotopic (exact) mass is 616 g/mol. The van der Waals surface area contributed by atoms with E-state index in [1.54, 1.807) is 18.0 Å². The van der Waals surface area contributed by atoms with Gasteiger partial charge in [-0.3, -0.25) is 6.58 Å². The van der Waals surface area contributed by atoms with Gasteiger partial charge in [0.05, 0.1) is 2.74 Å². The Bertz CT molecular complexity index is 1260. The predicted octanol–water partition coefficient (Wildman–Crippen LogP) is 7.16. The minimum absolute atomic E-state index is 0. The Hall–Kier alpha value is -2.65. The van der Waals surface area contributed by atoms with Gasteiger partial charge in [0.1, 0.15) is 0 Å². The molecule has 3 unspecified atom stereocenters. The SMILES string of the molecule is [2H]C1=C(C(=[CH-])C2c3ccccc3SC2C=C)[N-]C([2H])C([2H])=C1[2H].[Ir+3].[c-]1ccccc1-c1ccccn1. The Morgan fingerprint density at radius 3 is 2.78 bits per heavy atom. The van der Waals surface area contributed by atoms with Crippen LogP contribution >= 0.6 is 11.8 Å². The summed E-state index contributed by atoms with van der Waals surface area (Å²) in [5.41, 5.74) is 3.58. The number of nitrogens with zero attached hydrogens (tertiary/aromatic N) is 2. The average Bonchev–Trinajstić information content (AvgIpc) is 3.29. The molecule has 0 amide bonds. The molecule has 0 radical (unpaired) electrons. The van der Waals surface area contributed by atoms with Crippen molar-refractivity contribution in [2.24, 2.45) is 0 Å². The fraction of sp³-hybridized carbons (Fsp3) is 0.107. The predicted molar refractivity (Wildman–Crippen MR) is 131 cm³/mol. The van der Waals surface area contributed by atoms with Gasteiger partial charge in [-0.05, 0) is 29.3 Å². The molecule has 0 bridgehead atoms. The molecule has 2 aromatic carbocycles. The van der Waals surface area contributed by atoms with Gasteiger partial charge in [0, 0.05) is 19.1 Å². The summed E-state index contributed by atoms with van der Waals surface area (Å²) in [6, 6.07) is 24.0. The molecule has 3 atom stereocenters. The van der Waals surface area contributed by atoms with Crippen molar-refractivity contribution in [1.29, 1.82) is 0 Å².